The Hall–Kier alpha value is -3.67. The van der Waals surface area contributed by atoms with E-state index in [1.54, 1.807) is 24.0 Å². The van der Waals surface area contributed by atoms with Crippen molar-refractivity contribution in [3.05, 3.63) is 82.2 Å². The zero-order chi connectivity index (χ0) is 29.7. The maximum atomic E-state index is 12.7. The molecule has 0 amide bonds. The summed E-state index contributed by atoms with van der Waals surface area (Å²) in [5, 5.41) is 8.49. The minimum absolute atomic E-state index is 0.149. The van der Waals surface area contributed by atoms with Crippen molar-refractivity contribution < 1.29 is 18.3 Å². The zero-order valence-corrected chi connectivity index (χ0v) is 25.3. The number of anilines is 1. The van der Waals surface area contributed by atoms with E-state index in [9.17, 15) is 13.6 Å². The molecule has 2 aromatic heterocycles. The SMILES string of the molecule is CCOC(=O)CC(c1ccc(C)c(CN(CCN(C)c2ccncc2C)S(=O)[O-])c1)c1ccc2c(nnn2C)c1C. The number of esters is 1. The quantitative estimate of drug-likeness (QED) is 0.183. The van der Waals surface area contributed by atoms with Crippen molar-refractivity contribution in [2.45, 2.75) is 46.6 Å². The predicted molar refractivity (Wildman–Crippen MR) is 159 cm³/mol. The number of likely N-dealkylation sites (N-methyl/N-ethyl adjacent to an activating group) is 1. The van der Waals surface area contributed by atoms with Crippen LogP contribution in [-0.2, 0) is 34.4 Å². The van der Waals surface area contributed by atoms with E-state index in [1.165, 1.54) is 4.31 Å². The number of pyridine rings is 1. The average Bonchev–Trinajstić information content (AvgIpc) is 3.32. The van der Waals surface area contributed by atoms with Gasteiger partial charge in [-0.05, 0) is 73.2 Å². The summed E-state index contributed by atoms with van der Waals surface area (Å²) < 4.78 is 33.0. The molecule has 10 nitrogen and oxygen atoms in total. The third-order valence-corrected chi connectivity index (χ3v) is 8.28. The van der Waals surface area contributed by atoms with E-state index in [4.69, 9.17) is 4.74 Å². The number of hydrogen-bond donors (Lipinski definition) is 0. The molecule has 0 aliphatic rings. The second-order valence-electron chi connectivity index (χ2n) is 10.3. The lowest BCUT2D eigenvalue weighted by Crippen LogP contribution is -2.34. The summed E-state index contributed by atoms with van der Waals surface area (Å²) in [6.07, 6.45) is 3.67. The summed E-state index contributed by atoms with van der Waals surface area (Å²) in [6.45, 7) is 9.06. The normalized spacial score (nSPS) is 13.0. The van der Waals surface area contributed by atoms with Crippen molar-refractivity contribution in [1.82, 2.24) is 24.3 Å². The second-order valence-corrected chi connectivity index (χ2v) is 11.2. The van der Waals surface area contributed by atoms with Gasteiger partial charge in [0.15, 0.2) is 0 Å². The molecule has 0 bridgehead atoms. The maximum absolute atomic E-state index is 12.7. The average molecular weight is 578 g/mol. The first-order chi connectivity index (χ1) is 19.6. The van der Waals surface area contributed by atoms with Crippen LogP contribution in [-0.4, -0.2) is 65.8 Å². The summed E-state index contributed by atoms with van der Waals surface area (Å²) in [4.78, 5) is 18.9. The predicted octanol–water partition coefficient (Wildman–Crippen LogP) is 4.11. The van der Waals surface area contributed by atoms with Crippen molar-refractivity contribution >= 4 is 34.0 Å². The third kappa shape index (κ3) is 6.98. The van der Waals surface area contributed by atoms with Crippen LogP contribution in [0.15, 0.2) is 48.8 Å². The van der Waals surface area contributed by atoms with E-state index in [0.717, 1.165) is 50.1 Å². The Labute approximate surface area is 243 Å². The van der Waals surface area contributed by atoms with Gasteiger partial charge < -0.3 is 14.2 Å². The molecule has 0 saturated heterocycles. The van der Waals surface area contributed by atoms with E-state index in [-0.39, 0.29) is 24.9 Å². The number of benzene rings is 2. The van der Waals surface area contributed by atoms with Gasteiger partial charge >= 0.3 is 5.97 Å². The molecule has 2 atom stereocenters. The summed E-state index contributed by atoms with van der Waals surface area (Å²) in [6, 6.07) is 11.9. The van der Waals surface area contributed by atoms with Crippen molar-refractivity contribution in [2.75, 3.05) is 31.6 Å². The molecule has 218 valence electrons. The smallest absolute Gasteiger partial charge is 0.306 e. The monoisotopic (exact) mass is 577 g/mol. The van der Waals surface area contributed by atoms with E-state index >= 15 is 0 Å². The number of ether oxygens (including phenoxy) is 1. The molecule has 4 aromatic rings. The Morgan fingerprint density at radius 1 is 1.12 bits per heavy atom. The van der Waals surface area contributed by atoms with Gasteiger partial charge in [0.05, 0.1) is 18.5 Å². The second kappa shape index (κ2) is 13.3. The van der Waals surface area contributed by atoms with Crippen LogP contribution < -0.4 is 4.90 Å². The standard InChI is InChI=1S/C30H38N6O4S/c1-7-40-29(37)17-26(25-10-11-28-30(22(25)4)32-33-35(28)6)23-9-8-20(2)24(16-23)19-36(41(38)39)15-14-34(5)27-12-13-31-18-21(27)3/h8-13,16,18,26H,7,14-15,17,19H2,1-6H3,(H,38,39)/p-1. The van der Waals surface area contributed by atoms with Crippen LogP contribution in [0.1, 0.15) is 52.6 Å². The van der Waals surface area contributed by atoms with Gasteiger partial charge in [-0.2, -0.15) is 0 Å². The molecular weight excluding hydrogens is 540 g/mol. The number of hydrogen-bond acceptors (Lipinski definition) is 8. The summed E-state index contributed by atoms with van der Waals surface area (Å²) in [5.41, 5.74) is 8.39. The number of nitrogens with zero attached hydrogens (tertiary/aromatic N) is 6. The minimum Gasteiger partial charge on any atom is -0.760 e. The zero-order valence-electron chi connectivity index (χ0n) is 24.5. The van der Waals surface area contributed by atoms with Crippen LogP contribution >= 0.6 is 0 Å². The fourth-order valence-electron chi connectivity index (χ4n) is 5.17. The van der Waals surface area contributed by atoms with E-state index in [2.05, 4.69) is 15.3 Å². The highest BCUT2D eigenvalue weighted by molar-refractivity contribution is 7.76. The van der Waals surface area contributed by atoms with Gasteiger partial charge in [-0.1, -0.05) is 29.5 Å². The van der Waals surface area contributed by atoms with Crippen molar-refractivity contribution in [1.29, 1.82) is 0 Å². The van der Waals surface area contributed by atoms with Crippen LogP contribution in [0.2, 0.25) is 0 Å². The molecule has 0 fully saturated rings. The molecule has 0 N–H and O–H groups in total. The van der Waals surface area contributed by atoms with E-state index < -0.39 is 11.3 Å². The number of carbonyl (C=O) groups excluding carboxylic acids is 1. The number of rotatable bonds is 12. The van der Waals surface area contributed by atoms with Crippen LogP contribution in [0.3, 0.4) is 0 Å². The maximum Gasteiger partial charge on any atom is 0.306 e. The van der Waals surface area contributed by atoms with Gasteiger partial charge in [-0.25, -0.2) is 8.99 Å². The van der Waals surface area contributed by atoms with E-state index in [0.29, 0.717) is 19.7 Å². The van der Waals surface area contributed by atoms with E-state index in [1.807, 2.05) is 76.2 Å². The summed E-state index contributed by atoms with van der Waals surface area (Å²) in [7, 11) is 3.79. The summed E-state index contributed by atoms with van der Waals surface area (Å²) in [5.74, 6) is -0.596. The Kier molecular flexibility index (Phi) is 9.85. The molecule has 41 heavy (non-hydrogen) atoms. The van der Waals surface area contributed by atoms with Crippen LogP contribution in [0, 0.1) is 20.8 Å². The lowest BCUT2D eigenvalue weighted by molar-refractivity contribution is -0.143. The highest BCUT2D eigenvalue weighted by Gasteiger charge is 2.24. The topological polar surface area (TPSA) is 117 Å². The molecule has 2 heterocycles. The number of fused-ring (bicyclic) bond motifs is 1. The van der Waals surface area contributed by atoms with Crippen molar-refractivity contribution in [2.24, 2.45) is 7.05 Å². The molecule has 0 spiro atoms. The Bertz CT molecular complexity index is 1560. The number of aromatic nitrogens is 4. The Morgan fingerprint density at radius 3 is 2.61 bits per heavy atom. The van der Waals surface area contributed by atoms with Crippen molar-refractivity contribution in [3.63, 3.8) is 0 Å². The van der Waals surface area contributed by atoms with Gasteiger partial charge in [0.2, 0.25) is 0 Å². The lowest BCUT2D eigenvalue weighted by Gasteiger charge is -2.29. The molecule has 0 saturated carbocycles. The first-order valence-corrected chi connectivity index (χ1v) is 14.6. The molecule has 4 rings (SSSR count). The van der Waals surface area contributed by atoms with Gasteiger partial charge in [-0.15, -0.1) is 5.10 Å². The highest BCUT2D eigenvalue weighted by Crippen LogP contribution is 2.34. The van der Waals surface area contributed by atoms with Crippen LogP contribution in [0.5, 0.6) is 0 Å². The molecule has 0 aliphatic carbocycles. The minimum atomic E-state index is -2.42. The lowest BCUT2D eigenvalue weighted by atomic mass is 9.84. The van der Waals surface area contributed by atoms with Crippen LogP contribution in [0.4, 0.5) is 5.69 Å². The van der Waals surface area contributed by atoms with Gasteiger partial charge in [-0.3, -0.25) is 14.0 Å². The van der Waals surface area contributed by atoms with Gasteiger partial charge in [0.1, 0.15) is 5.52 Å². The Morgan fingerprint density at radius 2 is 1.90 bits per heavy atom. The Balaban J connectivity index is 1.64. The van der Waals surface area contributed by atoms with Crippen LogP contribution in [0.25, 0.3) is 11.0 Å². The van der Waals surface area contributed by atoms with Crippen molar-refractivity contribution in [3.8, 4) is 0 Å². The number of aryl methyl sites for hydroxylation is 4. The molecular formula is C30H37N6O4S-. The molecule has 0 aliphatic heterocycles. The first-order valence-electron chi connectivity index (χ1n) is 13.6. The largest absolute Gasteiger partial charge is 0.760 e. The van der Waals surface area contributed by atoms with Gasteiger partial charge in [0, 0.05) is 69.0 Å². The van der Waals surface area contributed by atoms with Gasteiger partial charge in [0.25, 0.3) is 0 Å². The first kappa shape index (κ1) is 30.3. The number of carbonyl (C=O) groups is 1. The summed E-state index contributed by atoms with van der Waals surface area (Å²) >= 11 is -2.42. The molecule has 2 unspecified atom stereocenters. The highest BCUT2D eigenvalue weighted by atomic mass is 32.2. The fraction of sp³-hybridized carbons (Fsp3) is 0.400. The fourth-order valence-corrected chi connectivity index (χ4v) is 5.65. The molecule has 11 heteroatoms. The third-order valence-electron chi connectivity index (χ3n) is 7.55. The molecule has 2 aromatic carbocycles. The molecule has 0 radical (unpaired) electrons.